The zero-order valence-electron chi connectivity index (χ0n) is 15.0. The van der Waals surface area contributed by atoms with E-state index in [1.54, 1.807) is 0 Å². The molecule has 0 aromatic heterocycles. The van der Waals surface area contributed by atoms with Crippen molar-refractivity contribution in [2.45, 2.75) is 26.7 Å². The molecule has 0 aliphatic carbocycles. The molecule has 2 N–H and O–H groups in total. The van der Waals surface area contributed by atoms with Crippen LogP contribution in [0.25, 0.3) is 0 Å². The fraction of sp³-hybridized carbons (Fsp3) is 0.300. The number of benzene rings is 2. The number of aryl methyl sites for hydroxylation is 2. The van der Waals surface area contributed by atoms with Gasteiger partial charge in [-0.15, -0.1) is 0 Å². The summed E-state index contributed by atoms with van der Waals surface area (Å²) in [6, 6.07) is 13.3. The Bertz CT molecular complexity index is 760. The van der Waals surface area contributed by atoms with Crippen molar-refractivity contribution in [3.05, 3.63) is 58.1 Å². The summed E-state index contributed by atoms with van der Waals surface area (Å²) in [5.41, 5.74) is 2.75. The van der Waals surface area contributed by atoms with E-state index in [0.717, 1.165) is 27.0 Å². The minimum Gasteiger partial charge on any atom is -0.494 e. The molecule has 0 spiro atoms. The van der Waals surface area contributed by atoms with Crippen molar-refractivity contribution in [1.29, 1.82) is 0 Å². The monoisotopic (exact) mass is 418 g/mol. The lowest BCUT2D eigenvalue weighted by Crippen LogP contribution is -2.33. The van der Waals surface area contributed by atoms with Crippen LogP contribution in [0.2, 0.25) is 0 Å². The smallest absolute Gasteiger partial charge is 0.243 e. The molecule has 26 heavy (non-hydrogen) atoms. The Morgan fingerprint density at radius 3 is 2.46 bits per heavy atom. The van der Waals surface area contributed by atoms with Crippen LogP contribution >= 0.6 is 15.9 Å². The average Bonchev–Trinajstić information content (AvgIpc) is 2.62. The molecule has 2 aromatic carbocycles. The van der Waals surface area contributed by atoms with Gasteiger partial charge >= 0.3 is 0 Å². The van der Waals surface area contributed by atoms with Crippen LogP contribution in [0.3, 0.4) is 0 Å². The van der Waals surface area contributed by atoms with E-state index in [9.17, 15) is 9.59 Å². The predicted octanol–water partition coefficient (Wildman–Crippen LogP) is 3.84. The van der Waals surface area contributed by atoms with Gasteiger partial charge in [-0.3, -0.25) is 9.59 Å². The third-order valence-corrected chi connectivity index (χ3v) is 4.28. The number of carbonyl (C=O) groups is 2. The van der Waals surface area contributed by atoms with E-state index in [1.807, 2.05) is 56.3 Å². The molecule has 5 nitrogen and oxygen atoms in total. The summed E-state index contributed by atoms with van der Waals surface area (Å²) < 4.78 is 6.34. The highest BCUT2D eigenvalue weighted by molar-refractivity contribution is 9.10. The summed E-state index contributed by atoms with van der Waals surface area (Å²) in [6.45, 7) is 4.43. The van der Waals surface area contributed by atoms with Crippen molar-refractivity contribution >= 4 is 33.4 Å². The van der Waals surface area contributed by atoms with E-state index >= 15 is 0 Å². The number of ether oxygens (including phenoxy) is 1. The van der Waals surface area contributed by atoms with Gasteiger partial charge in [-0.1, -0.05) is 28.1 Å². The van der Waals surface area contributed by atoms with Crippen LogP contribution in [0, 0.1) is 6.92 Å². The van der Waals surface area contributed by atoms with Gasteiger partial charge in [0.25, 0.3) is 0 Å². The maximum Gasteiger partial charge on any atom is 0.243 e. The molecule has 0 saturated heterocycles. The topological polar surface area (TPSA) is 67.4 Å². The van der Waals surface area contributed by atoms with Crippen LogP contribution in [0.5, 0.6) is 5.75 Å². The average molecular weight is 419 g/mol. The van der Waals surface area contributed by atoms with E-state index in [4.69, 9.17) is 4.74 Å². The molecular formula is C20H23BrN2O3. The summed E-state index contributed by atoms with van der Waals surface area (Å²) in [5, 5.41) is 5.45. The first-order valence-corrected chi connectivity index (χ1v) is 9.31. The van der Waals surface area contributed by atoms with Crippen LogP contribution in [-0.2, 0) is 16.0 Å². The molecule has 0 atom stereocenters. The second kappa shape index (κ2) is 9.97. The van der Waals surface area contributed by atoms with E-state index in [-0.39, 0.29) is 18.4 Å². The summed E-state index contributed by atoms with van der Waals surface area (Å²) >= 11 is 3.38. The first-order chi connectivity index (χ1) is 12.5. The van der Waals surface area contributed by atoms with Crippen molar-refractivity contribution in [1.82, 2.24) is 5.32 Å². The molecule has 0 saturated carbocycles. The van der Waals surface area contributed by atoms with Gasteiger partial charge in [0, 0.05) is 16.6 Å². The van der Waals surface area contributed by atoms with Crippen LogP contribution in [0.4, 0.5) is 5.69 Å². The Labute approximate surface area is 162 Å². The molecule has 0 aliphatic heterocycles. The van der Waals surface area contributed by atoms with E-state index < -0.39 is 0 Å². The molecule has 0 bridgehead atoms. The largest absolute Gasteiger partial charge is 0.494 e. The van der Waals surface area contributed by atoms with Crippen molar-refractivity contribution in [2.75, 3.05) is 18.5 Å². The van der Waals surface area contributed by atoms with Crippen LogP contribution in [0.15, 0.2) is 46.9 Å². The number of carbonyl (C=O) groups excluding carboxylic acids is 2. The van der Waals surface area contributed by atoms with Gasteiger partial charge in [-0.05, 0) is 61.7 Å². The highest BCUT2D eigenvalue weighted by Crippen LogP contribution is 2.19. The fourth-order valence-electron chi connectivity index (χ4n) is 2.41. The highest BCUT2D eigenvalue weighted by Gasteiger charge is 2.08. The molecule has 2 rings (SSSR count). The van der Waals surface area contributed by atoms with Gasteiger partial charge in [0.05, 0.1) is 13.2 Å². The number of hydrogen-bond acceptors (Lipinski definition) is 3. The van der Waals surface area contributed by atoms with E-state index in [2.05, 4.69) is 26.6 Å². The zero-order chi connectivity index (χ0) is 18.9. The Balaban J connectivity index is 1.73. The van der Waals surface area contributed by atoms with E-state index in [0.29, 0.717) is 19.4 Å². The van der Waals surface area contributed by atoms with E-state index in [1.165, 1.54) is 0 Å². The van der Waals surface area contributed by atoms with Crippen molar-refractivity contribution in [3.63, 3.8) is 0 Å². The molecule has 0 aliphatic rings. The van der Waals surface area contributed by atoms with Gasteiger partial charge < -0.3 is 15.4 Å². The Morgan fingerprint density at radius 2 is 1.81 bits per heavy atom. The van der Waals surface area contributed by atoms with Gasteiger partial charge in [0.1, 0.15) is 5.75 Å². The van der Waals surface area contributed by atoms with Gasteiger partial charge in [-0.2, -0.15) is 0 Å². The Morgan fingerprint density at radius 1 is 1.08 bits per heavy atom. The molecular weight excluding hydrogens is 396 g/mol. The summed E-state index contributed by atoms with van der Waals surface area (Å²) in [6.07, 6.45) is 0.949. The normalized spacial score (nSPS) is 10.3. The molecule has 0 fully saturated rings. The second-order valence-electron chi connectivity index (χ2n) is 5.86. The zero-order valence-corrected chi connectivity index (χ0v) is 16.6. The Hall–Kier alpha value is -2.34. The quantitative estimate of drug-likeness (QED) is 0.683. The fourth-order valence-corrected chi connectivity index (χ4v) is 2.88. The molecule has 0 unspecified atom stereocenters. The summed E-state index contributed by atoms with van der Waals surface area (Å²) in [7, 11) is 0. The lowest BCUT2D eigenvalue weighted by atomic mass is 10.1. The number of anilines is 1. The van der Waals surface area contributed by atoms with Crippen molar-refractivity contribution < 1.29 is 14.3 Å². The predicted molar refractivity (Wildman–Crippen MR) is 106 cm³/mol. The number of amides is 2. The highest BCUT2D eigenvalue weighted by atomic mass is 79.9. The lowest BCUT2D eigenvalue weighted by molar-refractivity contribution is -0.124. The molecule has 0 heterocycles. The van der Waals surface area contributed by atoms with Crippen LogP contribution in [-0.4, -0.2) is 25.0 Å². The first-order valence-electron chi connectivity index (χ1n) is 8.52. The molecule has 0 radical (unpaired) electrons. The number of rotatable bonds is 8. The molecule has 138 valence electrons. The maximum absolute atomic E-state index is 12.0. The summed E-state index contributed by atoms with van der Waals surface area (Å²) in [4.78, 5) is 23.9. The molecule has 2 aromatic rings. The van der Waals surface area contributed by atoms with Gasteiger partial charge in [0.2, 0.25) is 11.8 Å². The van der Waals surface area contributed by atoms with Crippen molar-refractivity contribution in [2.24, 2.45) is 0 Å². The molecule has 2 amide bonds. The third kappa shape index (κ3) is 6.52. The number of halogens is 1. The minimum absolute atomic E-state index is 0.0440. The van der Waals surface area contributed by atoms with Crippen molar-refractivity contribution in [3.8, 4) is 5.75 Å². The standard InChI is InChI=1S/C20H23BrN2O3/c1-3-26-17-8-4-15(5-9-17)6-11-19(24)22-13-20(25)23-18-10-7-16(21)12-14(18)2/h4-5,7-10,12H,3,6,11,13H2,1-2H3,(H,22,24)(H,23,25). The lowest BCUT2D eigenvalue weighted by Gasteiger charge is -2.10. The van der Waals surface area contributed by atoms with Crippen LogP contribution in [0.1, 0.15) is 24.5 Å². The SMILES string of the molecule is CCOc1ccc(CCC(=O)NCC(=O)Nc2ccc(Br)cc2C)cc1. The number of nitrogens with one attached hydrogen (secondary N) is 2. The second-order valence-corrected chi connectivity index (χ2v) is 6.78. The van der Waals surface area contributed by atoms with Crippen LogP contribution < -0.4 is 15.4 Å². The number of hydrogen-bond donors (Lipinski definition) is 2. The third-order valence-electron chi connectivity index (χ3n) is 3.78. The first kappa shape index (κ1) is 20.0. The Kier molecular flexibility index (Phi) is 7.66. The maximum atomic E-state index is 12.0. The minimum atomic E-state index is -0.246. The molecule has 6 heteroatoms. The van der Waals surface area contributed by atoms with Gasteiger partial charge in [-0.25, -0.2) is 0 Å². The summed E-state index contributed by atoms with van der Waals surface area (Å²) in [5.74, 6) is 0.423. The van der Waals surface area contributed by atoms with Gasteiger partial charge in [0.15, 0.2) is 0 Å².